The molecule has 0 aromatic carbocycles. The van der Waals surface area contributed by atoms with Crippen LogP contribution in [0.15, 0.2) is 0 Å². The van der Waals surface area contributed by atoms with Crippen molar-refractivity contribution < 1.29 is 0 Å². The first-order chi connectivity index (χ1) is 9.75. The molecular weight excluding hydrogens is 246 g/mol. The van der Waals surface area contributed by atoms with Gasteiger partial charge in [-0.3, -0.25) is 9.80 Å². The predicted octanol–water partition coefficient (Wildman–Crippen LogP) is 2.84. The summed E-state index contributed by atoms with van der Waals surface area (Å²) in [4.78, 5) is 5.40. The second-order valence-electron chi connectivity index (χ2n) is 6.81. The zero-order valence-electron chi connectivity index (χ0n) is 13.7. The van der Waals surface area contributed by atoms with Crippen LogP contribution in [-0.2, 0) is 0 Å². The molecule has 20 heavy (non-hydrogen) atoms. The van der Waals surface area contributed by atoms with Gasteiger partial charge in [-0.1, -0.05) is 46.0 Å². The smallest absolute Gasteiger partial charge is 0.0332 e. The topological polar surface area (TPSA) is 32.5 Å². The molecule has 1 aliphatic heterocycles. The highest BCUT2D eigenvalue weighted by Gasteiger charge is 2.40. The van der Waals surface area contributed by atoms with Crippen LogP contribution in [0.1, 0.15) is 65.2 Å². The summed E-state index contributed by atoms with van der Waals surface area (Å²) in [7, 11) is 0. The number of likely N-dealkylation sites (N-methyl/N-ethyl adjacent to an activating group) is 1. The molecule has 1 unspecified atom stereocenters. The lowest BCUT2D eigenvalue weighted by Gasteiger charge is -2.43. The van der Waals surface area contributed by atoms with Gasteiger partial charge in [-0.05, 0) is 32.4 Å². The SMILES string of the molecule is CCN(CC)C1CCN(C2(CN)CCCCCCC2)C1. The van der Waals surface area contributed by atoms with Crippen LogP contribution < -0.4 is 5.73 Å². The minimum absolute atomic E-state index is 0.322. The Balaban J connectivity index is 2.00. The summed E-state index contributed by atoms with van der Waals surface area (Å²) >= 11 is 0. The molecular formula is C17H35N3. The number of rotatable bonds is 5. The van der Waals surface area contributed by atoms with E-state index in [4.69, 9.17) is 5.73 Å². The van der Waals surface area contributed by atoms with E-state index >= 15 is 0 Å². The Bertz CT molecular complexity index is 267. The van der Waals surface area contributed by atoms with Gasteiger partial charge in [0.15, 0.2) is 0 Å². The molecule has 2 N–H and O–H groups in total. The van der Waals surface area contributed by atoms with Crippen molar-refractivity contribution >= 4 is 0 Å². The monoisotopic (exact) mass is 281 g/mol. The molecule has 0 spiro atoms. The van der Waals surface area contributed by atoms with E-state index in [1.165, 1.54) is 77.5 Å². The fourth-order valence-electron chi connectivity index (χ4n) is 4.42. The van der Waals surface area contributed by atoms with Crippen LogP contribution in [0.5, 0.6) is 0 Å². The van der Waals surface area contributed by atoms with Gasteiger partial charge in [0.25, 0.3) is 0 Å². The number of nitrogens with two attached hydrogens (primary N) is 1. The van der Waals surface area contributed by atoms with Gasteiger partial charge in [-0.15, -0.1) is 0 Å². The number of hydrogen-bond acceptors (Lipinski definition) is 3. The predicted molar refractivity (Wildman–Crippen MR) is 87.0 cm³/mol. The molecule has 0 bridgehead atoms. The average molecular weight is 281 g/mol. The van der Waals surface area contributed by atoms with Crippen LogP contribution in [0.2, 0.25) is 0 Å². The first-order valence-corrected chi connectivity index (χ1v) is 8.95. The average Bonchev–Trinajstić information content (AvgIpc) is 2.91. The van der Waals surface area contributed by atoms with Crippen LogP contribution in [0, 0.1) is 0 Å². The Hall–Kier alpha value is -0.120. The van der Waals surface area contributed by atoms with Gasteiger partial charge in [-0.2, -0.15) is 0 Å². The highest BCUT2D eigenvalue weighted by Crippen LogP contribution is 2.34. The molecule has 1 aliphatic carbocycles. The summed E-state index contributed by atoms with van der Waals surface area (Å²) < 4.78 is 0. The first-order valence-electron chi connectivity index (χ1n) is 8.95. The van der Waals surface area contributed by atoms with E-state index in [9.17, 15) is 0 Å². The van der Waals surface area contributed by atoms with E-state index in [2.05, 4.69) is 23.6 Å². The molecule has 2 fully saturated rings. The Morgan fingerprint density at radius 3 is 2.20 bits per heavy atom. The molecule has 3 nitrogen and oxygen atoms in total. The maximum absolute atomic E-state index is 6.27. The van der Waals surface area contributed by atoms with E-state index in [0.717, 1.165) is 12.6 Å². The van der Waals surface area contributed by atoms with Crippen LogP contribution in [-0.4, -0.2) is 54.1 Å². The van der Waals surface area contributed by atoms with E-state index in [-0.39, 0.29) is 0 Å². The van der Waals surface area contributed by atoms with Gasteiger partial charge in [0.1, 0.15) is 0 Å². The summed E-state index contributed by atoms with van der Waals surface area (Å²) in [6, 6.07) is 0.763. The standard InChI is InChI=1S/C17H35N3/c1-3-19(4-2)16-10-13-20(14-16)17(15-18)11-8-6-5-7-9-12-17/h16H,3-15,18H2,1-2H3. The molecule has 1 saturated heterocycles. The van der Waals surface area contributed by atoms with E-state index in [0.29, 0.717) is 5.54 Å². The quantitative estimate of drug-likeness (QED) is 0.841. The van der Waals surface area contributed by atoms with E-state index in [1.807, 2.05) is 0 Å². The zero-order chi connectivity index (χ0) is 14.4. The van der Waals surface area contributed by atoms with Crippen LogP contribution in [0.25, 0.3) is 0 Å². The highest BCUT2D eigenvalue weighted by atomic mass is 15.3. The number of hydrogen-bond donors (Lipinski definition) is 1. The Morgan fingerprint density at radius 2 is 1.65 bits per heavy atom. The lowest BCUT2D eigenvalue weighted by atomic mass is 9.82. The summed E-state index contributed by atoms with van der Waals surface area (Å²) in [5, 5.41) is 0. The van der Waals surface area contributed by atoms with Gasteiger partial charge in [0, 0.05) is 31.2 Å². The van der Waals surface area contributed by atoms with Crippen molar-refractivity contribution in [3.63, 3.8) is 0 Å². The maximum atomic E-state index is 6.27. The normalized spacial score (nSPS) is 28.5. The molecule has 0 radical (unpaired) electrons. The Morgan fingerprint density at radius 1 is 1.05 bits per heavy atom. The first kappa shape index (κ1) is 16.3. The van der Waals surface area contributed by atoms with Crippen LogP contribution in [0.3, 0.4) is 0 Å². The van der Waals surface area contributed by atoms with E-state index in [1.54, 1.807) is 0 Å². The minimum atomic E-state index is 0.322. The van der Waals surface area contributed by atoms with E-state index < -0.39 is 0 Å². The lowest BCUT2D eigenvalue weighted by molar-refractivity contribution is 0.0810. The molecule has 3 heteroatoms. The molecule has 118 valence electrons. The van der Waals surface area contributed by atoms with Gasteiger partial charge in [-0.25, -0.2) is 0 Å². The van der Waals surface area contributed by atoms with Crippen LogP contribution >= 0.6 is 0 Å². The third-order valence-electron chi connectivity index (χ3n) is 5.83. The molecule has 2 rings (SSSR count). The summed E-state index contributed by atoms with van der Waals surface area (Å²) in [5.41, 5.74) is 6.59. The maximum Gasteiger partial charge on any atom is 0.0332 e. The van der Waals surface area contributed by atoms with Gasteiger partial charge < -0.3 is 5.73 Å². The van der Waals surface area contributed by atoms with Crippen molar-refractivity contribution in [3.8, 4) is 0 Å². The highest BCUT2D eigenvalue weighted by molar-refractivity contribution is 4.98. The van der Waals surface area contributed by atoms with Crippen molar-refractivity contribution in [3.05, 3.63) is 0 Å². The molecule has 2 aliphatic rings. The molecule has 1 saturated carbocycles. The summed E-state index contributed by atoms with van der Waals surface area (Å²) in [6.45, 7) is 10.3. The van der Waals surface area contributed by atoms with Gasteiger partial charge in [0.2, 0.25) is 0 Å². The summed E-state index contributed by atoms with van der Waals surface area (Å²) in [6.07, 6.45) is 11.0. The third-order valence-corrected chi connectivity index (χ3v) is 5.83. The van der Waals surface area contributed by atoms with Gasteiger partial charge in [0.05, 0.1) is 0 Å². The molecule has 0 aromatic heterocycles. The number of nitrogens with zero attached hydrogens (tertiary/aromatic N) is 2. The van der Waals surface area contributed by atoms with Crippen molar-refractivity contribution in [1.29, 1.82) is 0 Å². The van der Waals surface area contributed by atoms with Crippen molar-refractivity contribution in [2.45, 2.75) is 76.8 Å². The van der Waals surface area contributed by atoms with Crippen molar-refractivity contribution in [2.24, 2.45) is 5.73 Å². The fourth-order valence-corrected chi connectivity index (χ4v) is 4.42. The van der Waals surface area contributed by atoms with Crippen molar-refractivity contribution in [1.82, 2.24) is 9.80 Å². The lowest BCUT2D eigenvalue weighted by Crippen LogP contribution is -2.54. The molecule has 1 heterocycles. The number of likely N-dealkylation sites (tertiary alicyclic amines) is 1. The Labute approximate surface area is 125 Å². The second kappa shape index (κ2) is 7.77. The second-order valence-corrected chi connectivity index (χ2v) is 6.81. The van der Waals surface area contributed by atoms with Crippen LogP contribution in [0.4, 0.5) is 0 Å². The zero-order valence-corrected chi connectivity index (χ0v) is 13.7. The molecule has 0 amide bonds. The molecule has 0 aromatic rings. The third kappa shape index (κ3) is 3.55. The fraction of sp³-hybridized carbons (Fsp3) is 1.00. The molecule has 1 atom stereocenters. The van der Waals surface area contributed by atoms with Gasteiger partial charge >= 0.3 is 0 Å². The summed E-state index contributed by atoms with van der Waals surface area (Å²) in [5.74, 6) is 0. The van der Waals surface area contributed by atoms with Crippen molar-refractivity contribution in [2.75, 3.05) is 32.7 Å². The Kier molecular flexibility index (Phi) is 6.31. The largest absolute Gasteiger partial charge is 0.329 e. The minimum Gasteiger partial charge on any atom is -0.329 e.